The summed E-state index contributed by atoms with van der Waals surface area (Å²) in [4.78, 5) is 23.1. The molecule has 0 unspecified atom stereocenters. The first kappa shape index (κ1) is 19.5. The lowest BCUT2D eigenvalue weighted by Gasteiger charge is -2.39. The number of carboxylic acid groups (broad SMARTS) is 1. The van der Waals surface area contributed by atoms with Gasteiger partial charge in [0.2, 0.25) is 5.91 Å². The molecule has 0 radical (unpaired) electrons. The van der Waals surface area contributed by atoms with E-state index in [9.17, 15) is 4.79 Å². The lowest BCUT2D eigenvalue weighted by Crippen LogP contribution is -2.51. The van der Waals surface area contributed by atoms with Gasteiger partial charge in [-0.15, -0.1) is 0 Å². The monoisotopic (exact) mass is 360 g/mol. The van der Waals surface area contributed by atoms with Crippen LogP contribution in [0.3, 0.4) is 0 Å². The first-order valence-electron chi connectivity index (χ1n) is 8.38. The smallest absolute Gasteiger partial charge is 0.300 e. The lowest BCUT2D eigenvalue weighted by molar-refractivity contribution is -0.136. The number of hydrogen-bond donors (Lipinski definition) is 2. The van der Waals surface area contributed by atoms with Crippen LogP contribution in [0.25, 0.3) is 0 Å². The number of amides is 1. The number of rotatable bonds is 6. The Kier molecular flexibility index (Phi) is 7.16. The number of likely N-dealkylation sites (tertiary alicyclic amines) is 1. The van der Waals surface area contributed by atoms with Gasteiger partial charge in [0.25, 0.3) is 5.97 Å². The molecule has 0 aliphatic carbocycles. The van der Waals surface area contributed by atoms with Crippen molar-refractivity contribution in [3.8, 4) is 5.75 Å². The van der Waals surface area contributed by atoms with E-state index in [0.29, 0.717) is 25.6 Å². The van der Waals surface area contributed by atoms with Crippen molar-refractivity contribution in [2.45, 2.75) is 19.4 Å². The summed E-state index contributed by atoms with van der Waals surface area (Å²) in [5.74, 6) is 0.100. The van der Waals surface area contributed by atoms with Crippen molar-refractivity contribution < 1.29 is 19.4 Å². The molecule has 3 N–H and O–H groups in total. The van der Waals surface area contributed by atoms with Crippen LogP contribution in [0.5, 0.6) is 5.75 Å². The third kappa shape index (κ3) is 5.89. The summed E-state index contributed by atoms with van der Waals surface area (Å²) in [6, 6.07) is 9.81. The van der Waals surface area contributed by atoms with E-state index in [0.717, 1.165) is 31.3 Å². The minimum Gasteiger partial charge on any atom is -0.492 e. The Labute approximate surface area is 152 Å². The van der Waals surface area contributed by atoms with Crippen molar-refractivity contribution in [2.75, 3.05) is 26.2 Å². The number of aliphatic carboxylic acids is 1. The molecular formula is C18H24N4O4. The van der Waals surface area contributed by atoms with Crippen molar-refractivity contribution in [2.24, 2.45) is 5.73 Å². The highest BCUT2D eigenvalue weighted by Crippen LogP contribution is 2.21. The molecule has 1 fully saturated rings. The van der Waals surface area contributed by atoms with Gasteiger partial charge in [-0.25, -0.2) is 0 Å². The molecule has 1 saturated heterocycles. The number of nitrogens with two attached hydrogens (primary N) is 1. The standard InChI is InChI=1S/C16H20N4O2.C2H4O2/c17-6-9-22-15-4-2-13(3-5-15)10-16(21)19-11-14(12-19)20-8-1-7-18-20;1-2(3)4/h1-5,7-8,14H,6,9-12,17H2;1H3,(H,3,4). The van der Waals surface area contributed by atoms with Crippen LogP contribution in [0, 0.1) is 0 Å². The SMILES string of the molecule is CC(=O)O.NCCOc1ccc(CC(=O)N2CC(n3cccn3)C2)cc1. The Morgan fingerprint density at radius 3 is 2.50 bits per heavy atom. The average molecular weight is 360 g/mol. The zero-order valence-corrected chi connectivity index (χ0v) is 14.7. The van der Waals surface area contributed by atoms with Crippen LogP contribution in [0.1, 0.15) is 18.5 Å². The van der Waals surface area contributed by atoms with E-state index >= 15 is 0 Å². The number of carbonyl (C=O) groups excluding carboxylic acids is 1. The molecular weight excluding hydrogens is 336 g/mol. The second-order valence-electron chi connectivity index (χ2n) is 5.92. The van der Waals surface area contributed by atoms with Crippen molar-refractivity contribution in [1.29, 1.82) is 0 Å². The fraction of sp³-hybridized carbons (Fsp3) is 0.389. The number of nitrogens with zero attached hydrogens (tertiary/aromatic N) is 3. The molecule has 2 aromatic rings. The molecule has 8 heteroatoms. The minimum absolute atomic E-state index is 0.152. The predicted molar refractivity (Wildman–Crippen MR) is 95.8 cm³/mol. The Hall–Kier alpha value is -2.87. The molecule has 1 amide bonds. The van der Waals surface area contributed by atoms with Crippen molar-refractivity contribution in [1.82, 2.24) is 14.7 Å². The van der Waals surface area contributed by atoms with E-state index in [-0.39, 0.29) is 5.91 Å². The van der Waals surface area contributed by atoms with E-state index in [2.05, 4.69) is 5.10 Å². The van der Waals surface area contributed by atoms with Gasteiger partial charge in [0, 0.05) is 39.0 Å². The minimum atomic E-state index is -0.833. The maximum absolute atomic E-state index is 12.2. The molecule has 0 bridgehead atoms. The summed E-state index contributed by atoms with van der Waals surface area (Å²) in [6.07, 6.45) is 4.12. The quantitative estimate of drug-likeness (QED) is 0.793. The highest BCUT2D eigenvalue weighted by Gasteiger charge is 2.31. The number of ether oxygens (including phenoxy) is 1. The molecule has 8 nitrogen and oxygen atoms in total. The Morgan fingerprint density at radius 1 is 1.31 bits per heavy atom. The first-order valence-corrected chi connectivity index (χ1v) is 8.38. The summed E-state index contributed by atoms with van der Waals surface area (Å²) >= 11 is 0. The summed E-state index contributed by atoms with van der Waals surface area (Å²) in [6.45, 7) is 3.55. The highest BCUT2D eigenvalue weighted by atomic mass is 16.5. The van der Waals surface area contributed by atoms with E-state index in [1.807, 2.05) is 46.1 Å². The molecule has 0 spiro atoms. The molecule has 1 aromatic heterocycles. The fourth-order valence-corrected chi connectivity index (χ4v) is 2.49. The zero-order chi connectivity index (χ0) is 18.9. The topological polar surface area (TPSA) is 111 Å². The maximum Gasteiger partial charge on any atom is 0.300 e. The van der Waals surface area contributed by atoms with E-state index in [1.165, 1.54) is 0 Å². The van der Waals surface area contributed by atoms with Crippen LogP contribution in [0.4, 0.5) is 0 Å². The van der Waals surface area contributed by atoms with Gasteiger partial charge in [-0.3, -0.25) is 14.3 Å². The fourth-order valence-electron chi connectivity index (χ4n) is 2.49. The Bertz CT molecular complexity index is 690. The van der Waals surface area contributed by atoms with Crippen molar-refractivity contribution >= 4 is 11.9 Å². The van der Waals surface area contributed by atoms with Gasteiger partial charge < -0.3 is 20.5 Å². The van der Waals surface area contributed by atoms with Crippen molar-refractivity contribution in [3.63, 3.8) is 0 Å². The maximum atomic E-state index is 12.2. The number of benzene rings is 1. The molecule has 0 saturated carbocycles. The van der Waals surface area contributed by atoms with Gasteiger partial charge in [0.1, 0.15) is 12.4 Å². The van der Waals surface area contributed by atoms with Crippen LogP contribution in [-0.4, -0.2) is 57.9 Å². The van der Waals surface area contributed by atoms with Crippen LogP contribution >= 0.6 is 0 Å². The van der Waals surface area contributed by atoms with Gasteiger partial charge in [-0.05, 0) is 23.8 Å². The molecule has 3 rings (SSSR count). The van der Waals surface area contributed by atoms with Crippen LogP contribution in [0.15, 0.2) is 42.7 Å². The van der Waals surface area contributed by atoms with Crippen LogP contribution < -0.4 is 10.5 Å². The third-order valence-corrected chi connectivity index (χ3v) is 3.78. The summed E-state index contributed by atoms with van der Waals surface area (Å²) in [5, 5.41) is 11.6. The number of hydrogen-bond acceptors (Lipinski definition) is 5. The second-order valence-corrected chi connectivity index (χ2v) is 5.92. The molecule has 26 heavy (non-hydrogen) atoms. The van der Waals surface area contributed by atoms with Gasteiger partial charge in [-0.1, -0.05) is 12.1 Å². The number of carboxylic acids is 1. The van der Waals surface area contributed by atoms with Gasteiger partial charge >= 0.3 is 0 Å². The summed E-state index contributed by atoms with van der Waals surface area (Å²) in [7, 11) is 0. The van der Waals surface area contributed by atoms with Gasteiger partial charge in [0.05, 0.1) is 12.5 Å². The Morgan fingerprint density at radius 2 is 1.96 bits per heavy atom. The van der Waals surface area contributed by atoms with Gasteiger partial charge in [0.15, 0.2) is 0 Å². The lowest BCUT2D eigenvalue weighted by atomic mass is 10.1. The summed E-state index contributed by atoms with van der Waals surface area (Å²) in [5.41, 5.74) is 6.39. The normalized spacial score (nSPS) is 13.4. The molecule has 140 valence electrons. The third-order valence-electron chi connectivity index (χ3n) is 3.78. The number of aromatic nitrogens is 2. The van der Waals surface area contributed by atoms with Gasteiger partial charge in [-0.2, -0.15) is 5.10 Å². The molecule has 1 aliphatic rings. The number of carbonyl (C=O) groups is 2. The van der Waals surface area contributed by atoms with E-state index < -0.39 is 5.97 Å². The van der Waals surface area contributed by atoms with Crippen LogP contribution in [-0.2, 0) is 16.0 Å². The largest absolute Gasteiger partial charge is 0.492 e. The van der Waals surface area contributed by atoms with E-state index in [1.54, 1.807) is 6.20 Å². The molecule has 0 atom stereocenters. The Balaban J connectivity index is 0.000000552. The first-order chi connectivity index (χ1) is 12.5. The highest BCUT2D eigenvalue weighted by molar-refractivity contribution is 5.79. The average Bonchev–Trinajstić information content (AvgIpc) is 3.06. The molecule has 2 heterocycles. The van der Waals surface area contributed by atoms with Crippen molar-refractivity contribution in [3.05, 3.63) is 48.3 Å². The zero-order valence-electron chi connectivity index (χ0n) is 14.7. The predicted octanol–water partition coefficient (Wildman–Crippen LogP) is 0.938. The molecule has 1 aliphatic heterocycles. The van der Waals surface area contributed by atoms with E-state index in [4.69, 9.17) is 20.4 Å². The summed E-state index contributed by atoms with van der Waals surface area (Å²) < 4.78 is 7.33. The second kappa shape index (κ2) is 9.57. The van der Waals surface area contributed by atoms with Crippen LogP contribution in [0.2, 0.25) is 0 Å². The molecule has 1 aromatic carbocycles.